The Morgan fingerprint density at radius 3 is 1.52 bits per heavy atom. The summed E-state index contributed by atoms with van der Waals surface area (Å²) in [5, 5.41) is 0. The molecular formula is C15H20O10. The van der Waals surface area contributed by atoms with Crippen molar-refractivity contribution >= 4 is 23.9 Å². The zero-order chi connectivity index (χ0) is 18.7. The fourth-order valence-corrected chi connectivity index (χ4v) is 1.66. The Bertz CT molecular complexity index is 478. The molecule has 0 fully saturated rings. The first-order valence-corrected chi connectivity index (χ1v) is 7.62. The van der Waals surface area contributed by atoms with Crippen LogP contribution in [0.5, 0.6) is 0 Å². The predicted octanol–water partition coefficient (Wildman–Crippen LogP) is 0.193. The average molecular weight is 360 g/mol. The quantitative estimate of drug-likeness (QED) is 0.303. The van der Waals surface area contributed by atoms with Crippen LogP contribution in [0.3, 0.4) is 0 Å². The van der Waals surface area contributed by atoms with Gasteiger partial charge in [-0.2, -0.15) is 0 Å². The van der Waals surface area contributed by atoms with Crippen LogP contribution in [-0.4, -0.2) is 56.1 Å². The molecule has 0 aliphatic carbocycles. The number of ether oxygens (including phenoxy) is 6. The first-order chi connectivity index (χ1) is 12.0. The molecule has 25 heavy (non-hydrogen) atoms. The monoisotopic (exact) mass is 360 g/mol. The van der Waals surface area contributed by atoms with Crippen molar-refractivity contribution in [1.29, 1.82) is 0 Å². The number of hydrogen-bond acceptors (Lipinski definition) is 10. The summed E-state index contributed by atoms with van der Waals surface area (Å²) in [5.41, 5.74) is 0. The molecule has 10 nitrogen and oxygen atoms in total. The minimum absolute atomic E-state index is 0.193. The highest BCUT2D eigenvalue weighted by molar-refractivity contribution is 6.02. The molecule has 1 heterocycles. The third kappa shape index (κ3) is 5.98. The lowest BCUT2D eigenvalue weighted by Gasteiger charge is -2.22. The maximum atomic E-state index is 12.1. The van der Waals surface area contributed by atoms with Crippen LogP contribution in [-0.2, 0) is 47.6 Å². The van der Waals surface area contributed by atoms with Gasteiger partial charge in [0.05, 0.1) is 26.1 Å². The van der Waals surface area contributed by atoms with Crippen LogP contribution in [0.25, 0.3) is 0 Å². The molecule has 0 saturated carbocycles. The molecular weight excluding hydrogens is 340 g/mol. The summed E-state index contributed by atoms with van der Waals surface area (Å²) in [7, 11) is 0. The molecule has 0 amide bonds. The first-order valence-electron chi connectivity index (χ1n) is 7.62. The highest BCUT2D eigenvalue weighted by Crippen LogP contribution is 2.24. The van der Waals surface area contributed by atoms with Crippen LogP contribution < -0.4 is 0 Å². The lowest BCUT2D eigenvalue weighted by atomic mass is 10.3. The van der Waals surface area contributed by atoms with Crippen LogP contribution in [0.2, 0.25) is 0 Å². The molecule has 10 heteroatoms. The average Bonchev–Trinajstić information content (AvgIpc) is 3.06. The second-order valence-electron chi connectivity index (χ2n) is 4.51. The second-order valence-corrected chi connectivity index (χ2v) is 4.51. The van der Waals surface area contributed by atoms with E-state index in [-0.39, 0.29) is 39.3 Å². The van der Waals surface area contributed by atoms with Gasteiger partial charge >= 0.3 is 29.7 Å². The molecule has 0 aromatic heterocycles. The van der Waals surface area contributed by atoms with Crippen LogP contribution in [0.4, 0.5) is 0 Å². The summed E-state index contributed by atoms with van der Waals surface area (Å²) >= 11 is 0. The van der Waals surface area contributed by atoms with E-state index in [9.17, 15) is 19.2 Å². The van der Waals surface area contributed by atoms with E-state index in [0.29, 0.717) is 0 Å². The molecule has 0 saturated heterocycles. The van der Waals surface area contributed by atoms with Gasteiger partial charge in [0.25, 0.3) is 0 Å². The molecule has 140 valence electrons. The van der Waals surface area contributed by atoms with E-state index in [4.69, 9.17) is 18.9 Å². The first kappa shape index (κ1) is 20.3. The molecule has 1 rings (SSSR count). The molecule has 1 aliphatic rings. The normalized spacial score (nSPS) is 14.0. The smallest absolute Gasteiger partial charge is 0.452 e. The molecule has 0 N–H and O–H groups in total. The van der Waals surface area contributed by atoms with Gasteiger partial charge in [-0.15, -0.1) is 0 Å². The molecule has 0 spiro atoms. The summed E-state index contributed by atoms with van der Waals surface area (Å²) < 4.78 is 28.8. The van der Waals surface area contributed by atoms with Gasteiger partial charge in [0.15, 0.2) is 0 Å². The Morgan fingerprint density at radius 2 is 1.16 bits per heavy atom. The third-order valence-corrected chi connectivity index (χ3v) is 2.75. The van der Waals surface area contributed by atoms with Crippen molar-refractivity contribution in [3.05, 3.63) is 12.5 Å². The van der Waals surface area contributed by atoms with Gasteiger partial charge in [-0.05, 0) is 13.8 Å². The second kappa shape index (κ2) is 10.2. The molecule has 0 atom stereocenters. The Hall–Kier alpha value is -2.78. The molecule has 0 bridgehead atoms. The fraction of sp³-hybridized carbons (Fsp3) is 0.600. The molecule has 0 aromatic rings. The van der Waals surface area contributed by atoms with E-state index in [1.807, 2.05) is 0 Å². The van der Waals surface area contributed by atoms with Crippen molar-refractivity contribution in [1.82, 2.24) is 0 Å². The Kier molecular flexibility index (Phi) is 8.24. The lowest BCUT2D eigenvalue weighted by molar-refractivity contribution is -0.217. The SMILES string of the molecule is CCOC(=O)CCOC(=O)C1(C(=O)OCCC(=O)OCC)OC=CO1. The Balaban J connectivity index is 2.51. The van der Waals surface area contributed by atoms with Gasteiger partial charge < -0.3 is 28.4 Å². The topological polar surface area (TPSA) is 124 Å². The molecule has 1 aliphatic heterocycles. The zero-order valence-electron chi connectivity index (χ0n) is 14.0. The van der Waals surface area contributed by atoms with Gasteiger partial charge in [0, 0.05) is 0 Å². The van der Waals surface area contributed by atoms with Gasteiger partial charge in [0.2, 0.25) is 0 Å². The number of rotatable bonds is 10. The lowest BCUT2D eigenvalue weighted by Crippen LogP contribution is -2.50. The highest BCUT2D eigenvalue weighted by atomic mass is 16.8. The number of hydrogen-bond donors (Lipinski definition) is 0. The minimum Gasteiger partial charge on any atom is -0.466 e. The van der Waals surface area contributed by atoms with Crippen LogP contribution in [0.1, 0.15) is 26.7 Å². The van der Waals surface area contributed by atoms with E-state index in [1.165, 1.54) is 0 Å². The summed E-state index contributed by atoms with van der Waals surface area (Å²) in [4.78, 5) is 46.6. The van der Waals surface area contributed by atoms with Gasteiger partial charge in [-0.1, -0.05) is 0 Å². The van der Waals surface area contributed by atoms with Crippen molar-refractivity contribution in [3.63, 3.8) is 0 Å². The van der Waals surface area contributed by atoms with Crippen molar-refractivity contribution in [2.24, 2.45) is 0 Å². The molecule has 0 radical (unpaired) electrons. The van der Waals surface area contributed by atoms with Crippen LogP contribution >= 0.6 is 0 Å². The summed E-state index contributed by atoms with van der Waals surface area (Å²) in [6, 6.07) is 0. The largest absolute Gasteiger partial charge is 0.466 e. The number of carbonyl (C=O) groups excluding carboxylic acids is 4. The Labute approximate surface area is 143 Å². The van der Waals surface area contributed by atoms with Gasteiger partial charge in [0.1, 0.15) is 25.7 Å². The van der Waals surface area contributed by atoms with E-state index in [0.717, 1.165) is 12.5 Å². The minimum atomic E-state index is -2.46. The van der Waals surface area contributed by atoms with Crippen LogP contribution in [0, 0.1) is 0 Å². The summed E-state index contributed by atoms with van der Waals surface area (Å²) in [6.45, 7) is 3.00. The Morgan fingerprint density at radius 1 is 0.760 bits per heavy atom. The van der Waals surface area contributed by atoms with Crippen molar-refractivity contribution in [3.8, 4) is 0 Å². The van der Waals surface area contributed by atoms with E-state index < -0.39 is 29.7 Å². The molecule has 0 unspecified atom stereocenters. The third-order valence-electron chi connectivity index (χ3n) is 2.75. The fourth-order valence-electron chi connectivity index (χ4n) is 1.66. The number of esters is 4. The van der Waals surface area contributed by atoms with Crippen LogP contribution in [0.15, 0.2) is 12.5 Å². The maximum absolute atomic E-state index is 12.1. The van der Waals surface area contributed by atoms with E-state index >= 15 is 0 Å². The summed E-state index contributed by atoms with van der Waals surface area (Å²) in [5.74, 6) is -5.96. The molecule has 0 aromatic carbocycles. The zero-order valence-corrected chi connectivity index (χ0v) is 14.0. The standard InChI is InChI=1S/C15H20O10/c1-3-20-11(16)5-7-22-13(18)15(24-9-10-25-15)14(19)23-8-6-12(17)21-4-2/h9-10H,3-8H2,1-2H3. The summed E-state index contributed by atoms with van der Waals surface area (Å²) in [6.07, 6.45) is 1.56. The highest BCUT2D eigenvalue weighted by Gasteiger charge is 2.56. The van der Waals surface area contributed by atoms with Gasteiger partial charge in [-0.3, -0.25) is 9.59 Å². The van der Waals surface area contributed by atoms with Crippen molar-refractivity contribution in [2.45, 2.75) is 32.5 Å². The van der Waals surface area contributed by atoms with E-state index in [2.05, 4.69) is 9.47 Å². The van der Waals surface area contributed by atoms with E-state index in [1.54, 1.807) is 13.8 Å². The van der Waals surface area contributed by atoms with Crippen molar-refractivity contribution in [2.75, 3.05) is 26.4 Å². The van der Waals surface area contributed by atoms with Crippen molar-refractivity contribution < 1.29 is 47.6 Å². The van der Waals surface area contributed by atoms with Gasteiger partial charge in [-0.25, -0.2) is 9.59 Å². The predicted molar refractivity (Wildman–Crippen MR) is 78.5 cm³/mol. The maximum Gasteiger partial charge on any atom is 0.452 e. The number of carbonyl (C=O) groups is 4.